The summed E-state index contributed by atoms with van der Waals surface area (Å²) in [6, 6.07) is 23.2. The number of aryl methyl sites for hydroxylation is 2. The maximum Gasteiger partial charge on any atom is 0.264 e. The standard InChI is InChI=1S/C25H28N2O4S/c1-20-10-16-24(17-11-20)32(29,30)27(22-12-14-23(31-2)15-13-22)19-25(28)26-18-6-9-21-7-4-3-5-8-21/h3-5,7-8,10-17H,6,9,18-19H2,1-2H3,(H,26,28). The van der Waals surface area contributed by atoms with Crippen LogP contribution in [-0.4, -0.2) is 34.5 Å². The van der Waals surface area contributed by atoms with Gasteiger partial charge in [-0.05, 0) is 61.7 Å². The number of hydrogen-bond donors (Lipinski definition) is 1. The third-order valence-corrected chi connectivity index (χ3v) is 6.85. The van der Waals surface area contributed by atoms with Crippen molar-refractivity contribution in [3.8, 4) is 5.75 Å². The van der Waals surface area contributed by atoms with Crippen molar-refractivity contribution in [2.45, 2.75) is 24.7 Å². The lowest BCUT2D eigenvalue weighted by atomic mass is 10.1. The van der Waals surface area contributed by atoms with Crippen LogP contribution in [0.2, 0.25) is 0 Å². The summed E-state index contributed by atoms with van der Waals surface area (Å²) in [5.74, 6) is 0.247. The Bertz CT molecular complexity index is 1110. The van der Waals surface area contributed by atoms with E-state index in [1.54, 1.807) is 55.6 Å². The Morgan fingerprint density at radius 1 is 0.938 bits per heavy atom. The normalized spacial score (nSPS) is 11.1. The summed E-state index contributed by atoms with van der Waals surface area (Å²) in [6.07, 6.45) is 1.61. The Labute approximate surface area is 189 Å². The number of ether oxygens (including phenoxy) is 1. The van der Waals surface area contributed by atoms with Crippen LogP contribution < -0.4 is 14.4 Å². The fourth-order valence-electron chi connectivity index (χ4n) is 3.25. The highest BCUT2D eigenvalue weighted by Gasteiger charge is 2.27. The molecule has 6 nitrogen and oxygen atoms in total. The van der Waals surface area contributed by atoms with E-state index in [4.69, 9.17) is 4.74 Å². The highest BCUT2D eigenvalue weighted by Crippen LogP contribution is 2.26. The van der Waals surface area contributed by atoms with E-state index in [1.165, 1.54) is 5.56 Å². The molecule has 1 amide bonds. The summed E-state index contributed by atoms with van der Waals surface area (Å²) in [6.45, 7) is 2.04. The molecule has 0 fully saturated rings. The number of sulfonamides is 1. The van der Waals surface area contributed by atoms with Gasteiger partial charge in [0.1, 0.15) is 12.3 Å². The molecular formula is C25H28N2O4S. The molecule has 0 unspecified atom stereocenters. The van der Waals surface area contributed by atoms with Gasteiger partial charge < -0.3 is 10.1 Å². The minimum atomic E-state index is -3.93. The summed E-state index contributed by atoms with van der Waals surface area (Å²) in [4.78, 5) is 12.8. The average Bonchev–Trinajstić information content (AvgIpc) is 2.81. The predicted molar refractivity (Wildman–Crippen MR) is 126 cm³/mol. The average molecular weight is 453 g/mol. The Kier molecular flexibility index (Phi) is 7.89. The van der Waals surface area contributed by atoms with E-state index in [0.29, 0.717) is 18.0 Å². The number of nitrogens with zero attached hydrogens (tertiary/aromatic N) is 1. The highest BCUT2D eigenvalue weighted by molar-refractivity contribution is 7.92. The first-order valence-electron chi connectivity index (χ1n) is 10.4. The van der Waals surface area contributed by atoms with E-state index in [2.05, 4.69) is 5.32 Å². The van der Waals surface area contributed by atoms with Gasteiger partial charge in [0.2, 0.25) is 5.91 Å². The number of carbonyl (C=O) groups excluding carboxylic acids is 1. The van der Waals surface area contributed by atoms with E-state index < -0.39 is 10.0 Å². The number of nitrogens with one attached hydrogen (secondary N) is 1. The SMILES string of the molecule is COc1ccc(N(CC(=O)NCCCc2ccccc2)S(=O)(=O)c2ccc(C)cc2)cc1. The van der Waals surface area contributed by atoms with Crippen molar-refractivity contribution in [3.05, 3.63) is 90.0 Å². The predicted octanol–water partition coefficient (Wildman–Crippen LogP) is 3.95. The first kappa shape index (κ1) is 23.3. The fraction of sp³-hybridized carbons (Fsp3) is 0.240. The molecule has 3 aromatic rings. The maximum atomic E-state index is 13.4. The van der Waals surface area contributed by atoms with E-state index in [-0.39, 0.29) is 17.3 Å². The third kappa shape index (κ3) is 6.11. The Hall–Kier alpha value is -3.32. The molecule has 0 bridgehead atoms. The zero-order chi connectivity index (χ0) is 23.0. The van der Waals surface area contributed by atoms with Crippen LogP contribution in [-0.2, 0) is 21.2 Å². The lowest BCUT2D eigenvalue weighted by molar-refractivity contribution is -0.119. The molecule has 0 spiro atoms. The first-order valence-corrected chi connectivity index (χ1v) is 11.9. The second-order valence-electron chi connectivity index (χ2n) is 7.46. The van der Waals surface area contributed by atoms with Gasteiger partial charge in [0, 0.05) is 6.54 Å². The van der Waals surface area contributed by atoms with Gasteiger partial charge in [-0.2, -0.15) is 0 Å². The van der Waals surface area contributed by atoms with Gasteiger partial charge in [0.25, 0.3) is 10.0 Å². The van der Waals surface area contributed by atoms with Crippen LogP contribution in [0.15, 0.2) is 83.8 Å². The van der Waals surface area contributed by atoms with Gasteiger partial charge in [0.05, 0.1) is 17.7 Å². The molecule has 0 saturated heterocycles. The Morgan fingerprint density at radius 2 is 1.59 bits per heavy atom. The molecule has 32 heavy (non-hydrogen) atoms. The quantitative estimate of drug-likeness (QED) is 0.473. The summed E-state index contributed by atoms with van der Waals surface area (Å²) in [7, 11) is -2.39. The summed E-state index contributed by atoms with van der Waals surface area (Å²) in [5.41, 5.74) is 2.55. The maximum absolute atomic E-state index is 13.4. The molecule has 0 aliphatic rings. The summed E-state index contributed by atoms with van der Waals surface area (Å²) < 4.78 is 33.0. The van der Waals surface area contributed by atoms with Crippen molar-refractivity contribution in [1.82, 2.24) is 5.32 Å². The van der Waals surface area contributed by atoms with E-state index in [9.17, 15) is 13.2 Å². The molecule has 168 valence electrons. The minimum Gasteiger partial charge on any atom is -0.497 e. The number of carbonyl (C=O) groups is 1. The van der Waals surface area contributed by atoms with Crippen LogP contribution in [0.1, 0.15) is 17.5 Å². The molecule has 0 aliphatic heterocycles. The first-order chi connectivity index (χ1) is 15.4. The minimum absolute atomic E-state index is 0.135. The molecule has 0 heterocycles. The van der Waals surface area contributed by atoms with Crippen LogP contribution in [0.4, 0.5) is 5.69 Å². The molecule has 0 atom stereocenters. The molecule has 3 rings (SSSR count). The molecule has 0 saturated carbocycles. The van der Waals surface area contributed by atoms with Gasteiger partial charge >= 0.3 is 0 Å². The second kappa shape index (κ2) is 10.8. The zero-order valence-electron chi connectivity index (χ0n) is 18.3. The third-order valence-electron chi connectivity index (χ3n) is 5.06. The van der Waals surface area contributed by atoms with Crippen LogP contribution in [0.25, 0.3) is 0 Å². The smallest absolute Gasteiger partial charge is 0.264 e. The van der Waals surface area contributed by atoms with Crippen LogP contribution in [0.3, 0.4) is 0 Å². The van der Waals surface area contributed by atoms with E-state index >= 15 is 0 Å². The molecule has 3 aromatic carbocycles. The summed E-state index contributed by atoms with van der Waals surface area (Å²) in [5, 5.41) is 2.84. The van der Waals surface area contributed by atoms with Crippen LogP contribution in [0, 0.1) is 6.92 Å². The van der Waals surface area contributed by atoms with Crippen LogP contribution >= 0.6 is 0 Å². The van der Waals surface area contributed by atoms with Crippen LogP contribution in [0.5, 0.6) is 5.75 Å². The Morgan fingerprint density at radius 3 is 2.22 bits per heavy atom. The second-order valence-corrected chi connectivity index (χ2v) is 9.32. The number of amides is 1. The Balaban J connectivity index is 1.73. The summed E-state index contributed by atoms with van der Waals surface area (Å²) >= 11 is 0. The van der Waals surface area contributed by atoms with Crippen molar-refractivity contribution in [3.63, 3.8) is 0 Å². The molecule has 1 N–H and O–H groups in total. The molecule has 7 heteroatoms. The monoisotopic (exact) mass is 452 g/mol. The van der Waals surface area contributed by atoms with Gasteiger partial charge in [0.15, 0.2) is 0 Å². The van der Waals surface area contributed by atoms with Gasteiger partial charge in [-0.3, -0.25) is 9.10 Å². The molecule has 0 radical (unpaired) electrons. The largest absolute Gasteiger partial charge is 0.497 e. The lowest BCUT2D eigenvalue weighted by Crippen LogP contribution is -2.41. The number of hydrogen-bond acceptors (Lipinski definition) is 4. The van der Waals surface area contributed by atoms with E-state index in [0.717, 1.165) is 22.7 Å². The number of anilines is 1. The van der Waals surface area contributed by atoms with Crippen molar-refractivity contribution in [2.24, 2.45) is 0 Å². The lowest BCUT2D eigenvalue weighted by Gasteiger charge is -2.24. The highest BCUT2D eigenvalue weighted by atomic mass is 32.2. The van der Waals surface area contributed by atoms with Crippen molar-refractivity contribution in [1.29, 1.82) is 0 Å². The topological polar surface area (TPSA) is 75.7 Å². The van der Waals surface area contributed by atoms with Gasteiger partial charge in [-0.1, -0.05) is 48.0 Å². The number of rotatable bonds is 10. The van der Waals surface area contributed by atoms with Gasteiger partial charge in [-0.25, -0.2) is 8.42 Å². The van der Waals surface area contributed by atoms with Crippen molar-refractivity contribution in [2.75, 3.05) is 24.5 Å². The zero-order valence-corrected chi connectivity index (χ0v) is 19.1. The molecule has 0 aromatic heterocycles. The van der Waals surface area contributed by atoms with Gasteiger partial charge in [-0.15, -0.1) is 0 Å². The van der Waals surface area contributed by atoms with Crippen molar-refractivity contribution < 1.29 is 17.9 Å². The number of methoxy groups -OCH3 is 1. The molecule has 0 aliphatic carbocycles. The van der Waals surface area contributed by atoms with E-state index in [1.807, 2.05) is 37.3 Å². The molecular weight excluding hydrogens is 424 g/mol. The van der Waals surface area contributed by atoms with Crippen molar-refractivity contribution >= 4 is 21.6 Å². The fourth-order valence-corrected chi connectivity index (χ4v) is 4.67. The number of benzene rings is 3.